The summed E-state index contributed by atoms with van der Waals surface area (Å²) in [5, 5.41) is 8.40. The second-order valence-electron chi connectivity index (χ2n) is 5.31. The fourth-order valence-electron chi connectivity index (χ4n) is 2.48. The van der Waals surface area contributed by atoms with Crippen molar-refractivity contribution in [3.8, 4) is 0 Å². The van der Waals surface area contributed by atoms with Crippen LogP contribution in [0.4, 0.5) is 5.82 Å². The monoisotopic (exact) mass is 270 g/mol. The number of aromatic nitrogens is 1. The number of hydrogen-bond donors (Lipinski definition) is 2. The smallest absolute Gasteiger partial charge is 0.251 e. The van der Waals surface area contributed by atoms with Gasteiger partial charge >= 0.3 is 0 Å². The van der Waals surface area contributed by atoms with Crippen molar-refractivity contribution in [3.05, 3.63) is 35.5 Å². The van der Waals surface area contributed by atoms with Crippen LogP contribution in [0.25, 0.3) is 10.8 Å². The first kappa shape index (κ1) is 12.9. The van der Waals surface area contributed by atoms with Gasteiger partial charge in [0.25, 0.3) is 5.91 Å². The molecule has 2 heterocycles. The summed E-state index contributed by atoms with van der Waals surface area (Å²) >= 11 is 0. The van der Waals surface area contributed by atoms with Crippen LogP contribution < -0.4 is 10.6 Å². The van der Waals surface area contributed by atoms with E-state index >= 15 is 0 Å². The minimum Gasteiger partial charge on any atom is -0.365 e. The molecule has 1 aliphatic heterocycles. The zero-order valence-corrected chi connectivity index (χ0v) is 11.7. The Morgan fingerprint density at radius 1 is 1.45 bits per heavy atom. The maximum atomic E-state index is 12.2. The van der Waals surface area contributed by atoms with Gasteiger partial charge in [0.05, 0.1) is 0 Å². The molecule has 2 aromatic rings. The highest BCUT2D eigenvalue weighted by atomic mass is 16.1. The number of benzene rings is 1. The van der Waals surface area contributed by atoms with Crippen LogP contribution in [-0.2, 0) is 6.54 Å². The summed E-state index contributed by atoms with van der Waals surface area (Å²) in [4.78, 5) is 18.5. The van der Waals surface area contributed by atoms with E-state index in [1.54, 1.807) is 6.20 Å². The van der Waals surface area contributed by atoms with E-state index in [9.17, 15) is 4.79 Å². The van der Waals surface area contributed by atoms with Crippen molar-refractivity contribution in [3.63, 3.8) is 0 Å². The van der Waals surface area contributed by atoms with Crippen molar-refractivity contribution in [2.75, 3.05) is 32.5 Å². The van der Waals surface area contributed by atoms with Gasteiger partial charge in [0, 0.05) is 36.8 Å². The van der Waals surface area contributed by atoms with Crippen LogP contribution in [0.1, 0.15) is 15.9 Å². The third-order valence-corrected chi connectivity index (χ3v) is 3.50. The Bertz CT molecular complexity index is 666. The van der Waals surface area contributed by atoms with Gasteiger partial charge in [-0.1, -0.05) is 0 Å². The number of anilines is 1. The molecular weight excluding hydrogens is 252 g/mol. The molecule has 1 aromatic heterocycles. The molecule has 104 valence electrons. The molecule has 0 radical (unpaired) electrons. The van der Waals surface area contributed by atoms with Crippen LogP contribution in [0.15, 0.2) is 24.4 Å². The lowest BCUT2D eigenvalue weighted by molar-refractivity contribution is 0.0951. The third-order valence-electron chi connectivity index (χ3n) is 3.50. The van der Waals surface area contributed by atoms with Gasteiger partial charge in [-0.05, 0) is 43.2 Å². The molecule has 0 fully saturated rings. The van der Waals surface area contributed by atoms with Crippen molar-refractivity contribution < 1.29 is 4.79 Å². The quantitative estimate of drug-likeness (QED) is 0.883. The van der Waals surface area contributed by atoms with E-state index in [0.29, 0.717) is 12.1 Å². The second kappa shape index (κ2) is 5.09. The van der Waals surface area contributed by atoms with E-state index in [4.69, 9.17) is 0 Å². The van der Waals surface area contributed by atoms with E-state index in [2.05, 4.69) is 15.6 Å². The number of hydrogen-bond acceptors (Lipinski definition) is 4. The topological polar surface area (TPSA) is 57.3 Å². The lowest BCUT2D eigenvalue weighted by Crippen LogP contribution is -2.31. The zero-order chi connectivity index (χ0) is 14.1. The Morgan fingerprint density at radius 3 is 3.10 bits per heavy atom. The first-order chi connectivity index (χ1) is 9.65. The molecule has 0 atom stereocenters. The molecule has 0 bridgehead atoms. The van der Waals surface area contributed by atoms with Crippen molar-refractivity contribution in [2.45, 2.75) is 6.54 Å². The third kappa shape index (κ3) is 2.32. The number of nitrogens with one attached hydrogen (secondary N) is 2. The molecule has 0 unspecified atom stereocenters. The van der Waals surface area contributed by atoms with E-state index in [0.717, 1.165) is 35.2 Å². The highest BCUT2D eigenvalue weighted by Crippen LogP contribution is 2.31. The number of carbonyl (C=O) groups excluding carboxylic acids is 1. The Labute approximate surface area is 118 Å². The number of pyridine rings is 1. The largest absolute Gasteiger partial charge is 0.365 e. The van der Waals surface area contributed by atoms with E-state index in [-0.39, 0.29) is 5.91 Å². The Hall–Kier alpha value is -2.14. The van der Waals surface area contributed by atoms with E-state index < -0.39 is 0 Å². The first-order valence-corrected chi connectivity index (χ1v) is 6.73. The highest BCUT2D eigenvalue weighted by Gasteiger charge is 2.17. The molecule has 0 aliphatic carbocycles. The number of rotatable bonds is 4. The maximum absolute atomic E-state index is 12.2. The van der Waals surface area contributed by atoms with Crippen LogP contribution in [0.2, 0.25) is 0 Å². The van der Waals surface area contributed by atoms with E-state index in [1.165, 1.54) is 0 Å². The van der Waals surface area contributed by atoms with Gasteiger partial charge in [-0.25, -0.2) is 4.98 Å². The predicted molar refractivity (Wildman–Crippen MR) is 80.0 cm³/mol. The van der Waals surface area contributed by atoms with Crippen molar-refractivity contribution in [1.82, 2.24) is 15.2 Å². The molecule has 2 N–H and O–H groups in total. The normalized spacial score (nSPS) is 12.8. The van der Waals surface area contributed by atoms with Crippen LogP contribution in [0.3, 0.4) is 0 Å². The average molecular weight is 270 g/mol. The summed E-state index contributed by atoms with van der Waals surface area (Å²) in [6.07, 6.45) is 1.77. The van der Waals surface area contributed by atoms with Gasteiger partial charge in [-0.3, -0.25) is 4.79 Å². The number of likely N-dealkylation sites (N-methyl/N-ethyl adjacent to an activating group) is 1. The minimum absolute atomic E-state index is 0.0183. The molecule has 1 aromatic carbocycles. The van der Waals surface area contributed by atoms with Gasteiger partial charge in [0.2, 0.25) is 0 Å². The summed E-state index contributed by atoms with van der Waals surface area (Å²) < 4.78 is 0. The van der Waals surface area contributed by atoms with Gasteiger partial charge < -0.3 is 15.5 Å². The SMILES string of the molecule is CN(C)CCNC(=O)c1cc2c3c(nccc3c1)NC2. The molecule has 0 spiro atoms. The lowest BCUT2D eigenvalue weighted by atomic mass is 10.0. The van der Waals surface area contributed by atoms with Gasteiger partial charge in [-0.2, -0.15) is 0 Å². The molecular formula is C15H18N4O. The summed E-state index contributed by atoms with van der Waals surface area (Å²) in [7, 11) is 3.98. The molecule has 1 aliphatic rings. The predicted octanol–water partition coefficient (Wildman–Crippen LogP) is 1.45. The van der Waals surface area contributed by atoms with Gasteiger partial charge in [0.1, 0.15) is 5.82 Å². The summed E-state index contributed by atoms with van der Waals surface area (Å²) in [5.41, 5.74) is 1.86. The highest BCUT2D eigenvalue weighted by molar-refractivity contribution is 6.03. The number of carbonyl (C=O) groups is 1. The molecule has 3 rings (SSSR count). The summed E-state index contributed by atoms with van der Waals surface area (Å²) in [6.45, 7) is 2.22. The van der Waals surface area contributed by atoms with Gasteiger partial charge in [0.15, 0.2) is 0 Å². The average Bonchev–Trinajstić information content (AvgIpc) is 2.83. The minimum atomic E-state index is -0.0183. The molecule has 1 amide bonds. The van der Waals surface area contributed by atoms with Crippen molar-refractivity contribution >= 4 is 22.5 Å². The van der Waals surface area contributed by atoms with Crippen molar-refractivity contribution in [1.29, 1.82) is 0 Å². The van der Waals surface area contributed by atoms with Crippen LogP contribution in [0, 0.1) is 0 Å². The maximum Gasteiger partial charge on any atom is 0.251 e. The molecule has 20 heavy (non-hydrogen) atoms. The molecule has 0 saturated heterocycles. The number of nitrogens with zero attached hydrogens (tertiary/aromatic N) is 2. The second-order valence-corrected chi connectivity index (χ2v) is 5.31. The fourth-order valence-corrected chi connectivity index (χ4v) is 2.48. The Kier molecular flexibility index (Phi) is 3.28. The van der Waals surface area contributed by atoms with Crippen LogP contribution in [-0.4, -0.2) is 43.0 Å². The first-order valence-electron chi connectivity index (χ1n) is 6.73. The standard InChI is InChI=1S/C15H18N4O/c1-19(2)6-5-17-15(20)11-7-10-3-4-16-14-13(10)12(8-11)9-18-14/h3-4,7-8H,5-6,9H2,1-2H3,(H,16,18)(H,17,20). The van der Waals surface area contributed by atoms with Crippen LogP contribution in [0.5, 0.6) is 0 Å². The number of amides is 1. The summed E-state index contributed by atoms with van der Waals surface area (Å²) in [5.74, 6) is 0.896. The Morgan fingerprint density at radius 2 is 2.30 bits per heavy atom. The van der Waals surface area contributed by atoms with Crippen LogP contribution >= 0.6 is 0 Å². The molecule has 5 nitrogen and oxygen atoms in total. The molecule has 5 heteroatoms. The van der Waals surface area contributed by atoms with E-state index in [1.807, 2.05) is 37.2 Å². The lowest BCUT2D eigenvalue weighted by Gasteiger charge is -2.11. The summed E-state index contributed by atoms with van der Waals surface area (Å²) in [6, 6.07) is 5.84. The fraction of sp³-hybridized carbons (Fsp3) is 0.333. The Balaban J connectivity index is 1.85. The van der Waals surface area contributed by atoms with Gasteiger partial charge in [-0.15, -0.1) is 0 Å². The zero-order valence-electron chi connectivity index (χ0n) is 11.7. The van der Waals surface area contributed by atoms with Crippen molar-refractivity contribution in [2.24, 2.45) is 0 Å². The molecule has 0 saturated carbocycles.